The van der Waals surface area contributed by atoms with E-state index in [4.69, 9.17) is 21.0 Å². The number of aliphatic imine (C=N–C) groups is 1. The number of halogens is 3. The average molecular weight is 476 g/mol. The SMILES string of the molecule is CC1=C(C(=O)N=C(N)/C=C\C=N)N2NC(c3ccccc3C(F)(F)F)=CC(OCCCO)=C2N1. The van der Waals surface area contributed by atoms with Crippen molar-refractivity contribution in [2.45, 2.75) is 19.5 Å². The van der Waals surface area contributed by atoms with E-state index in [9.17, 15) is 18.0 Å². The van der Waals surface area contributed by atoms with Crippen LogP contribution < -0.4 is 16.5 Å². The number of rotatable bonds is 8. The fourth-order valence-electron chi connectivity index (χ4n) is 3.28. The molecule has 2 aliphatic rings. The van der Waals surface area contributed by atoms with Gasteiger partial charge in [0.15, 0.2) is 17.3 Å². The number of fused-ring (bicyclic) bond motifs is 1. The molecule has 3 rings (SSSR count). The second-order valence-corrected chi connectivity index (χ2v) is 7.15. The standard InChI is InChI=1S/C22H23F3N6O3/c1-13-19(21(33)29-18(27)8-4-9-26)31-20(28-13)17(34-11-5-10-32)12-16(30-31)14-6-2-3-7-15(14)22(23,24)25/h2-4,6-9,12,26,28,30,32H,5,10-11H2,1H3,(H2,27,29,33)/b8-4-,26-9?. The summed E-state index contributed by atoms with van der Waals surface area (Å²) in [4.78, 5) is 16.7. The molecular weight excluding hydrogens is 453 g/mol. The number of amides is 1. The number of alkyl halides is 3. The van der Waals surface area contributed by atoms with Crippen molar-refractivity contribution < 1.29 is 27.8 Å². The molecule has 0 atom stereocenters. The zero-order valence-corrected chi connectivity index (χ0v) is 18.1. The number of amidine groups is 1. The number of aliphatic hydroxyl groups excluding tert-OH is 1. The lowest BCUT2D eigenvalue weighted by Crippen LogP contribution is -2.40. The van der Waals surface area contributed by atoms with Gasteiger partial charge in [0.2, 0.25) is 0 Å². The Bertz CT molecular complexity index is 1130. The number of benzene rings is 1. The predicted octanol–water partition coefficient (Wildman–Crippen LogP) is 2.36. The second kappa shape index (κ2) is 10.3. The smallest absolute Gasteiger partial charge is 0.417 e. The fourth-order valence-corrected chi connectivity index (χ4v) is 3.28. The lowest BCUT2D eigenvalue weighted by Gasteiger charge is -2.31. The van der Waals surface area contributed by atoms with Gasteiger partial charge in [-0.3, -0.25) is 10.2 Å². The minimum absolute atomic E-state index is 0.000416. The van der Waals surface area contributed by atoms with Gasteiger partial charge in [0, 0.05) is 36.6 Å². The van der Waals surface area contributed by atoms with Crippen LogP contribution in [0.5, 0.6) is 0 Å². The summed E-state index contributed by atoms with van der Waals surface area (Å²) in [6, 6.07) is 5.01. The highest BCUT2D eigenvalue weighted by molar-refractivity contribution is 6.07. The van der Waals surface area contributed by atoms with Crippen LogP contribution >= 0.6 is 0 Å². The third kappa shape index (κ3) is 5.29. The van der Waals surface area contributed by atoms with Crippen molar-refractivity contribution in [3.8, 4) is 0 Å². The minimum atomic E-state index is -4.62. The number of hydrazine groups is 1. The highest BCUT2D eigenvalue weighted by Gasteiger charge is 2.39. The van der Waals surface area contributed by atoms with E-state index in [-0.39, 0.29) is 47.6 Å². The van der Waals surface area contributed by atoms with Crippen molar-refractivity contribution in [2.75, 3.05) is 13.2 Å². The normalized spacial score (nSPS) is 16.3. The second-order valence-electron chi connectivity index (χ2n) is 7.15. The molecule has 180 valence electrons. The number of hydrogen-bond donors (Lipinski definition) is 5. The minimum Gasteiger partial charge on any atom is -0.490 e. The number of nitrogens with two attached hydrogens (primary N) is 1. The van der Waals surface area contributed by atoms with Gasteiger partial charge < -0.3 is 26.3 Å². The number of carbonyl (C=O) groups is 1. The van der Waals surface area contributed by atoms with Crippen molar-refractivity contribution in [2.24, 2.45) is 10.7 Å². The van der Waals surface area contributed by atoms with E-state index in [2.05, 4.69) is 15.7 Å². The molecule has 0 aromatic heterocycles. The summed E-state index contributed by atoms with van der Waals surface area (Å²) in [6.45, 7) is 1.55. The Morgan fingerprint density at radius 2 is 2.09 bits per heavy atom. The molecule has 0 bridgehead atoms. The lowest BCUT2D eigenvalue weighted by molar-refractivity contribution is -0.137. The van der Waals surface area contributed by atoms with Crippen molar-refractivity contribution in [1.82, 2.24) is 15.8 Å². The quantitative estimate of drug-likeness (QED) is 0.221. The summed E-state index contributed by atoms with van der Waals surface area (Å²) in [7, 11) is 0. The molecular formula is C22H23F3N6O3. The maximum Gasteiger partial charge on any atom is 0.417 e. The molecule has 1 aromatic carbocycles. The number of ether oxygens (including phenoxy) is 1. The number of hydrogen-bond acceptors (Lipinski definition) is 7. The van der Waals surface area contributed by atoms with Gasteiger partial charge >= 0.3 is 6.18 Å². The Labute approximate surface area is 193 Å². The molecule has 0 unspecified atom stereocenters. The molecule has 34 heavy (non-hydrogen) atoms. The third-order valence-electron chi connectivity index (χ3n) is 4.73. The van der Waals surface area contributed by atoms with E-state index in [0.29, 0.717) is 12.1 Å². The molecule has 2 aliphatic heterocycles. The van der Waals surface area contributed by atoms with Crippen LogP contribution in [0.2, 0.25) is 0 Å². The maximum absolute atomic E-state index is 13.7. The van der Waals surface area contributed by atoms with Crippen LogP contribution in [0.1, 0.15) is 24.5 Å². The van der Waals surface area contributed by atoms with Crippen LogP contribution in [-0.2, 0) is 15.7 Å². The van der Waals surface area contributed by atoms with Crippen LogP contribution in [0.4, 0.5) is 13.2 Å². The maximum atomic E-state index is 13.7. The molecule has 12 heteroatoms. The topological polar surface area (TPSA) is 136 Å². The van der Waals surface area contributed by atoms with Crippen molar-refractivity contribution in [3.05, 3.63) is 76.6 Å². The molecule has 0 saturated carbocycles. The molecule has 0 aliphatic carbocycles. The summed E-state index contributed by atoms with van der Waals surface area (Å²) in [6.07, 6.45) is 0.586. The lowest BCUT2D eigenvalue weighted by atomic mass is 10.0. The average Bonchev–Trinajstić information content (AvgIpc) is 3.13. The molecule has 2 heterocycles. The fraction of sp³-hybridized carbons (Fsp3) is 0.227. The van der Waals surface area contributed by atoms with Crippen LogP contribution in [0.25, 0.3) is 5.70 Å². The van der Waals surface area contributed by atoms with Crippen molar-refractivity contribution in [3.63, 3.8) is 0 Å². The number of allylic oxidation sites excluding steroid dienone is 3. The molecule has 1 amide bonds. The summed E-state index contributed by atoms with van der Waals surface area (Å²) in [5.74, 6) is -0.474. The summed E-state index contributed by atoms with van der Waals surface area (Å²) >= 11 is 0. The molecule has 6 N–H and O–H groups in total. The van der Waals surface area contributed by atoms with Gasteiger partial charge in [-0.2, -0.15) is 18.2 Å². The van der Waals surface area contributed by atoms with Gasteiger partial charge in [0.25, 0.3) is 5.91 Å². The Balaban J connectivity index is 2.05. The Hall–Kier alpha value is -4.06. The zero-order chi connectivity index (χ0) is 24.9. The van der Waals surface area contributed by atoms with Gasteiger partial charge in [-0.1, -0.05) is 18.2 Å². The van der Waals surface area contributed by atoms with E-state index in [1.807, 2.05) is 0 Å². The molecule has 0 spiro atoms. The largest absolute Gasteiger partial charge is 0.490 e. The zero-order valence-electron chi connectivity index (χ0n) is 18.1. The van der Waals surface area contributed by atoms with E-state index >= 15 is 0 Å². The highest BCUT2D eigenvalue weighted by atomic mass is 19.4. The Morgan fingerprint density at radius 3 is 2.76 bits per heavy atom. The van der Waals surface area contributed by atoms with Gasteiger partial charge in [0.1, 0.15) is 5.84 Å². The molecule has 0 fully saturated rings. The molecule has 1 aromatic rings. The van der Waals surface area contributed by atoms with Gasteiger partial charge in [-0.05, 0) is 25.1 Å². The van der Waals surface area contributed by atoms with Gasteiger partial charge in [0.05, 0.1) is 17.9 Å². The van der Waals surface area contributed by atoms with E-state index in [0.717, 1.165) is 12.3 Å². The first kappa shape index (κ1) is 24.6. The Morgan fingerprint density at radius 1 is 1.35 bits per heavy atom. The van der Waals surface area contributed by atoms with Crippen LogP contribution in [0.3, 0.4) is 0 Å². The first-order valence-corrected chi connectivity index (χ1v) is 10.1. The Kier molecular flexibility index (Phi) is 7.41. The van der Waals surface area contributed by atoms with E-state index in [1.54, 1.807) is 6.92 Å². The van der Waals surface area contributed by atoms with Crippen molar-refractivity contribution >= 4 is 23.7 Å². The number of aliphatic hydroxyl groups is 1. The van der Waals surface area contributed by atoms with Crippen molar-refractivity contribution in [1.29, 1.82) is 5.41 Å². The van der Waals surface area contributed by atoms with Crippen LogP contribution in [0, 0.1) is 5.41 Å². The summed E-state index contributed by atoms with van der Waals surface area (Å²) in [5, 5.41) is 20.3. The number of nitrogens with zero attached hydrogens (tertiary/aromatic N) is 2. The predicted molar refractivity (Wildman–Crippen MR) is 119 cm³/mol. The summed E-state index contributed by atoms with van der Waals surface area (Å²) < 4.78 is 46.7. The number of nitrogens with one attached hydrogen (secondary N) is 3. The number of carbonyl (C=O) groups excluding carboxylic acids is 1. The van der Waals surface area contributed by atoms with Gasteiger partial charge in [-0.25, -0.2) is 5.01 Å². The van der Waals surface area contributed by atoms with Gasteiger partial charge in [-0.15, -0.1) is 0 Å². The van der Waals surface area contributed by atoms with E-state index < -0.39 is 17.6 Å². The molecule has 9 nitrogen and oxygen atoms in total. The monoisotopic (exact) mass is 476 g/mol. The molecule has 0 saturated heterocycles. The third-order valence-corrected chi connectivity index (χ3v) is 4.73. The first-order chi connectivity index (χ1) is 16.2. The highest BCUT2D eigenvalue weighted by Crippen LogP contribution is 2.37. The van der Waals surface area contributed by atoms with Crippen LogP contribution in [0.15, 0.2) is 70.5 Å². The summed E-state index contributed by atoms with van der Waals surface area (Å²) in [5.41, 5.74) is 7.93. The first-order valence-electron chi connectivity index (χ1n) is 10.1. The molecule has 0 radical (unpaired) electrons. The van der Waals surface area contributed by atoms with E-state index in [1.165, 1.54) is 41.4 Å². The van der Waals surface area contributed by atoms with Crippen LogP contribution in [-0.4, -0.2) is 41.3 Å².